The molecule has 106 valence electrons. The molecule has 1 aromatic carbocycles. The average Bonchev–Trinajstić information content (AvgIpc) is 2.80. The number of carboxylic acids is 1. The van der Waals surface area contributed by atoms with Crippen molar-refractivity contribution in [3.8, 4) is 0 Å². The van der Waals surface area contributed by atoms with E-state index >= 15 is 0 Å². The number of aromatic nitrogens is 1. The summed E-state index contributed by atoms with van der Waals surface area (Å²) in [5.74, 6) is -1.13. The highest BCUT2D eigenvalue weighted by Crippen LogP contribution is 2.25. The van der Waals surface area contributed by atoms with Crippen LogP contribution in [0, 0.1) is 0 Å². The zero-order valence-electron chi connectivity index (χ0n) is 10.6. The first kappa shape index (κ1) is 14.2. The number of carboxylic acid groups (broad SMARTS) is 1. The quantitative estimate of drug-likeness (QED) is 0.776. The lowest BCUT2D eigenvalue weighted by Crippen LogP contribution is -2.39. The number of anilines is 1. The molecule has 1 atom stereocenters. The van der Waals surface area contributed by atoms with Crippen LogP contribution in [0.15, 0.2) is 24.3 Å². The summed E-state index contributed by atoms with van der Waals surface area (Å²) in [6.45, 7) is -0.122. The van der Waals surface area contributed by atoms with Crippen LogP contribution in [0.4, 0.5) is 9.93 Å². The molecular weight excluding hydrogens is 282 g/mol. The zero-order valence-corrected chi connectivity index (χ0v) is 11.4. The molecule has 0 bridgehead atoms. The van der Waals surface area contributed by atoms with Crippen LogP contribution >= 0.6 is 11.3 Å². The lowest BCUT2D eigenvalue weighted by Gasteiger charge is -2.11. The molecule has 0 aliphatic rings. The molecule has 20 heavy (non-hydrogen) atoms. The van der Waals surface area contributed by atoms with Gasteiger partial charge in [0.1, 0.15) is 0 Å². The number of hydrogen-bond acceptors (Lipinski definition) is 5. The van der Waals surface area contributed by atoms with Crippen molar-refractivity contribution in [3.63, 3.8) is 0 Å². The highest BCUT2D eigenvalue weighted by Gasteiger charge is 2.17. The number of methoxy groups -OCH3 is 1. The Balaban J connectivity index is 1.92. The molecule has 1 heterocycles. The van der Waals surface area contributed by atoms with E-state index in [0.717, 1.165) is 10.2 Å². The van der Waals surface area contributed by atoms with Crippen molar-refractivity contribution in [2.45, 2.75) is 6.10 Å². The maximum absolute atomic E-state index is 11.6. The van der Waals surface area contributed by atoms with Gasteiger partial charge in [0.2, 0.25) is 0 Å². The van der Waals surface area contributed by atoms with E-state index in [1.165, 1.54) is 18.4 Å². The van der Waals surface area contributed by atoms with Gasteiger partial charge in [-0.15, -0.1) is 0 Å². The van der Waals surface area contributed by atoms with Gasteiger partial charge in [0.15, 0.2) is 11.2 Å². The van der Waals surface area contributed by atoms with Gasteiger partial charge in [-0.3, -0.25) is 5.32 Å². The van der Waals surface area contributed by atoms with Crippen LogP contribution in [0.3, 0.4) is 0 Å². The Kier molecular flexibility index (Phi) is 4.49. The number of urea groups is 1. The number of hydrogen-bond donors (Lipinski definition) is 3. The molecule has 0 aliphatic heterocycles. The molecule has 7 nitrogen and oxygen atoms in total. The molecule has 0 aliphatic carbocycles. The summed E-state index contributed by atoms with van der Waals surface area (Å²) in [6, 6.07) is 6.98. The van der Waals surface area contributed by atoms with Gasteiger partial charge in [0.05, 0.1) is 16.8 Å². The minimum Gasteiger partial charge on any atom is -0.479 e. The summed E-state index contributed by atoms with van der Waals surface area (Å²) >= 11 is 1.34. The summed E-state index contributed by atoms with van der Waals surface area (Å²) in [5, 5.41) is 14.2. The summed E-state index contributed by atoms with van der Waals surface area (Å²) in [5.41, 5.74) is 0.799. The van der Waals surface area contributed by atoms with Crippen molar-refractivity contribution in [1.82, 2.24) is 10.3 Å². The molecule has 0 spiro atoms. The largest absolute Gasteiger partial charge is 0.479 e. The fraction of sp³-hybridized carbons (Fsp3) is 0.250. The first-order valence-electron chi connectivity index (χ1n) is 5.76. The van der Waals surface area contributed by atoms with Gasteiger partial charge in [-0.25, -0.2) is 14.6 Å². The molecule has 2 aromatic rings. The zero-order chi connectivity index (χ0) is 14.5. The number of aliphatic carboxylic acids is 1. The summed E-state index contributed by atoms with van der Waals surface area (Å²) < 4.78 is 5.67. The third-order valence-corrected chi connectivity index (χ3v) is 3.47. The van der Waals surface area contributed by atoms with E-state index in [9.17, 15) is 9.59 Å². The molecule has 2 amide bonds. The highest BCUT2D eigenvalue weighted by atomic mass is 32.1. The highest BCUT2D eigenvalue weighted by molar-refractivity contribution is 7.22. The van der Waals surface area contributed by atoms with Crippen LogP contribution in [-0.2, 0) is 9.53 Å². The van der Waals surface area contributed by atoms with Crippen LogP contribution in [-0.4, -0.2) is 41.8 Å². The molecule has 1 aromatic heterocycles. The second-order valence-electron chi connectivity index (χ2n) is 3.88. The number of benzene rings is 1. The first-order valence-corrected chi connectivity index (χ1v) is 6.58. The number of ether oxygens (including phenoxy) is 1. The number of nitrogens with one attached hydrogen (secondary N) is 2. The van der Waals surface area contributed by atoms with Crippen molar-refractivity contribution in [2.75, 3.05) is 19.0 Å². The fourth-order valence-electron chi connectivity index (χ4n) is 1.52. The number of para-hydroxylation sites is 1. The predicted octanol–water partition coefficient (Wildman–Crippen LogP) is 1.52. The number of fused-ring (bicyclic) bond motifs is 1. The Morgan fingerprint density at radius 2 is 2.20 bits per heavy atom. The Morgan fingerprint density at radius 1 is 1.45 bits per heavy atom. The molecule has 2 rings (SSSR count). The van der Waals surface area contributed by atoms with Gasteiger partial charge < -0.3 is 15.2 Å². The smallest absolute Gasteiger partial charge is 0.334 e. The Labute approximate surface area is 118 Å². The molecule has 0 radical (unpaired) electrons. The Bertz CT molecular complexity index is 595. The first-order chi connectivity index (χ1) is 9.60. The second kappa shape index (κ2) is 6.31. The summed E-state index contributed by atoms with van der Waals surface area (Å²) in [7, 11) is 1.27. The van der Waals surface area contributed by atoms with E-state index in [1.54, 1.807) is 0 Å². The van der Waals surface area contributed by atoms with Gasteiger partial charge in [-0.1, -0.05) is 23.5 Å². The minimum absolute atomic E-state index is 0.122. The topological polar surface area (TPSA) is 101 Å². The number of amides is 2. The fourth-order valence-corrected chi connectivity index (χ4v) is 2.38. The maximum atomic E-state index is 11.6. The molecule has 8 heteroatoms. The van der Waals surface area contributed by atoms with E-state index in [0.29, 0.717) is 5.13 Å². The van der Waals surface area contributed by atoms with Crippen molar-refractivity contribution in [1.29, 1.82) is 0 Å². The van der Waals surface area contributed by atoms with E-state index < -0.39 is 18.1 Å². The Morgan fingerprint density at radius 3 is 2.85 bits per heavy atom. The lowest BCUT2D eigenvalue weighted by molar-refractivity contribution is -0.147. The molecule has 0 fully saturated rings. The third-order valence-electron chi connectivity index (χ3n) is 2.52. The van der Waals surface area contributed by atoms with E-state index in [-0.39, 0.29) is 6.54 Å². The van der Waals surface area contributed by atoms with Crippen molar-refractivity contribution >= 4 is 38.7 Å². The van der Waals surface area contributed by atoms with E-state index in [2.05, 4.69) is 15.6 Å². The van der Waals surface area contributed by atoms with Gasteiger partial charge in [-0.05, 0) is 12.1 Å². The van der Waals surface area contributed by atoms with Gasteiger partial charge in [-0.2, -0.15) is 0 Å². The molecule has 0 saturated heterocycles. The van der Waals surface area contributed by atoms with Crippen LogP contribution in [0.5, 0.6) is 0 Å². The standard InChI is InChI=1S/C12H13N3O4S/c1-19-8(10(16)17)6-13-11(18)15-12-14-7-4-2-3-5-9(7)20-12/h2-5,8H,6H2,1H3,(H,16,17)(H2,13,14,15,18). The van der Waals surface area contributed by atoms with Crippen molar-refractivity contribution in [2.24, 2.45) is 0 Å². The van der Waals surface area contributed by atoms with Gasteiger partial charge in [0.25, 0.3) is 0 Å². The maximum Gasteiger partial charge on any atom is 0.334 e. The number of carbonyl (C=O) groups is 2. The summed E-state index contributed by atoms with van der Waals surface area (Å²) in [4.78, 5) is 26.6. The van der Waals surface area contributed by atoms with Crippen LogP contribution in [0.2, 0.25) is 0 Å². The second-order valence-corrected chi connectivity index (χ2v) is 4.91. The number of rotatable bonds is 5. The molecule has 3 N–H and O–H groups in total. The van der Waals surface area contributed by atoms with Crippen LogP contribution in [0.1, 0.15) is 0 Å². The van der Waals surface area contributed by atoms with Crippen LogP contribution in [0.25, 0.3) is 10.2 Å². The number of nitrogens with zero attached hydrogens (tertiary/aromatic N) is 1. The Hall–Kier alpha value is -2.19. The number of carbonyl (C=O) groups excluding carboxylic acids is 1. The van der Waals surface area contributed by atoms with Gasteiger partial charge in [0, 0.05) is 7.11 Å². The number of thiazole rings is 1. The van der Waals surface area contributed by atoms with E-state index in [4.69, 9.17) is 9.84 Å². The van der Waals surface area contributed by atoms with E-state index in [1.807, 2.05) is 24.3 Å². The van der Waals surface area contributed by atoms with Crippen LogP contribution < -0.4 is 10.6 Å². The van der Waals surface area contributed by atoms with Crippen molar-refractivity contribution < 1.29 is 19.4 Å². The third kappa shape index (κ3) is 3.43. The SMILES string of the molecule is COC(CNC(=O)Nc1nc2ccccc2s1)C(=O)O. The predicted molar refractivity (Wildman–Crippen MR) is 75.1 cm³/mol. The minimum atomic E-state index is -1.13. The van der Waals surface area contributed by atoms with Crippen molar-refractivity contribution in [3.05, 3.63) is 24.3 Å². The van der Waals surface area contributed by atoms with Gasteiger partial charge >= 0.3 is 12.0 Å². The molecule has 0 saturated carbocycles. The average molecular weight is 295 g/mol. The molecular formula is C12H13N3O4S. The lowest BCUT2D eigenvalue weighted by atomic mass is 10.3. The monoisotopic (exact) mass is 295 g/mol. The summed E-state index contributed by atoms with van der Waals surface area (Å²) in [6.07, 6.45) is -1.07. The normalized spacial score (nSPS) is 12.1. The molecule has 1 unspecified atom stereocenters.